The summed E-state index contributed by atoms with van der Waals surface area (Å²) in [5.74, 6) is 0.0877. The van der Waals surface area contributed by atoms with E-state index in [1.54, 1.807) is 4.90 Å². The lowest BCUT2D eigenvalue weighted by atomic mass is 10.2. The fourth-order valence-electron chi connectivity index (χ4n) is 1.36. The second-order valence-electron chi connectivity index (χ2n) is 3.60. The van der Waals surface area contributed by atoms with Crippen molar-refractivity contribution in [1.82, 2.24) is 4.90 Å². The summed E-state index contributed by atoms with van der Waals surface area (Å²) in [6.45, 7) is 2.61. The summed E-state index contributed by atoms with van der Waals surface area (Å²) >= 11 is 4.24. The molecule has 0 spiro atoms. The molecular weight excluding hydrogens is 206 g/mol. The van der Waals surface area contributed by atoms with Gasteiger partial charge in [-0.2, -0.15) is 12.6 Å². The minimum Gasteiger partial charge on any atom is -0.340 e. The van der Waals surface area contributed by atoms with Crippen molar-refractivity contribution in [3.63, 3.8) is 0 Å². The average molecular weight is 223 g/mol. The molecule has 1 aromatic rings. The van der Waals surface area contributed by atoms with Crippen molar-refractivity contribution in [2.24, 2.45) is 0 Å². The highest BCUT2D eigenvalue weighted by molar-refractivity contribution is 7.81. The molecule has 0 aliphatic rings. The van der Waals surface area contributed by atoms with Crippen LogP contribution in [0.2, 0.25) is 0 Å². The summed E-state index contributed by atoms with van der Waals surface area (Å²) in [6, 6.07) is 9.96. The summed E-state index contributed by atoms with van der Waals surface area (Å²) < 4.78 is 0. The second-order valence-corrected chi connectivity index (χ2v) is 4.23. The smallest absolute Gasteiger partial charge is 0.235 e. The number of rotatable bonds is 4. The number of benzene rings is 1. The van der Waals surface area contributed by atoms with E-state index in [4.69, 9.17) is 0 Å². The first kappa shape index (κ1) is 12.1. The molecular formula is C12H17NOS. The molecule has 0 aliphatic heterocycles. The Hall–Kier alpha value is -0.960. The van der Waals surface area contributed by atoms with Crippen LogP contribution in [0.1, 0.15) is 18.9 Å². The van der Waals surface area contributed by atoms with Gasteiger partial charge in [0.1, 0.15) is 0 Å². The molecule has 0 bridgehead atoms. The van der Waals surface area contributed by atoms with E-state index < -0.39 is 0 Å². The standard InChI is InChI=1S/C12H17NOS/c1-3-11(15)12(14)13(2)9-10-7-5-4-6-8-10/h4-8,11,15H,3,9H2,1-2H3. The summed E-state index contributed by atoms with van der Waals surface area (Å²) in [5, 5.41) is -0.182. The normalized spacial score (nSPS) is 12.2. The van der Waals surface area contributed by atoms with Gasteiger partial charge in [-0.3, -0.25) is 4.79 Å². The molecule has 1 aromatic carbocycles. The molecule has 15 heavy (non-hydrogen) atoms. The highest BCUT2D eigenvalue weighted by Gasteiger charge is 2.16. The molecule has 1 amide bonds. The van der Waals surface area contributed by atoms with Gasteiger partial charge in [-0.05, 0) is 12.0 Å². The molecule has 82 valence electrons. The van der Waals surface area contributed by atoms with Crippen molar-refractivity contribution in [2.45, 2.75) is 25.1 Å². The fraction of sp³-hybridized carbons (Fsp3) is 0.417. The summed E-state index contributed by atoms with van der Waals surface area (Å²) in [6.07, 6.45) is 0.765. The Morgan fingerprint density at radius 3 is 2.53 bits per heavy atom. The van der Waals surface area contributed by atoms with Crippen LogP contribution in [0.3, 0.4) is 0 Å². The molecule has 1 rings (SSSR count). The Kier molecular flexibility index (Phi) is 4.69. The quantitative estimate of drug-likeness (QED) is 0.777. The van der Waals surface area contributed by atoms with Crippen LogP contribution in [-0.4, -0.2) is 23.1 Å². The molecule has 0 saturated heterocycles. The van der Waals surface area contributed by atoms with E-state index in [0.717, 1.165) is 12.0 Å². The third-order valence-corrected chi connectivity index (χ3v) is 2.90. The summed E-state index contributed by atoms with van der Waals surface area (Å²) in [4.78, 5) is 13.4. The van der Waals surface area contributed by atoms with Gasteiger partial charge in [-0.25, -0.2) is 0 Å². The van der Waals surface area contributed by atoms with Crippen LogP contribution in [-0.2, 0) is 11.3 Å². The molecule has 0 saturated carbocycles. The van der Waals surface area contributed by atoms with E-state index in [1.807, 2.05) is 44.3 Å². The Balaban J connectivity index is 2.56. The first-order chi connectivity index (χ1) is 7.15. The van der Waals surface area contributed by atoms with Crippen LogP contribution in [0.4, 0.5) is 0 Å². The SMILES string of the molecule is CCC(S)C(=O)N(C)Cc1ccccc1. The topological polar surface area (TPSA) is 20.3 Å². The zero-order valence-electron chi connectivity index (χ0n) is 9.18. The Morgan fingerprint density at radius 1 is 1.40 bits per heavy atom. The third kappa shape index (κ3) is 3.59. The van der Waals surface area contributed by atoms with Crippen molar-refractivity contribution < 1.29 is 4.79 Å². The molecule has 0 aromatic heterocycles. The summed E-state index contributed by atoms with van der Waals surface area (Å²) in [7, 11) is 1.81. The molecule has 0 radical (unpaired) electrons. The highest BCUT2D eigenvalue weighted by atomic mass is 32.1. The monoisotopic (exact) mass is 223 g/mol. The molecule has 0 N–H and O–H groups in total. The number of hydrogen-bond acceptors (Lipinski definition) is 2. The number of amides is 1. The minimum absolute atomic E-state index is 0.0877. The van der Waals surface area contributed by atoms with Crippen molar-refractivity contribution in [3.8, 4) is 0 Å². The predicted molar refractivity (Wildman–Crippen MR) is 66.0 cm³/mol. The minimum atomic E-state index is -0.182. The Bertz CT molecular complexity index is 313. The largest absolute Gasteiger partial charge is 0.340 e. The lowest BCUT2D eigenvalue weighted by Crippen LogP contribution is -2.32. The maximum Gasteiger partial charge on any atom is 0.235 e. The van der Waals surface area contributed by atoms with E-state index >= 15 is 0 Å². The lowest BCUT2D eigenvalue weighted by Gasteiger charge is -2.20. The van der Waals surface area contributed by atoms with Crippen molar-refractivity contribution in [2.75, 3.05) is 7.05 Å². The van der Waals surface area contributed by atoms with E-state index in [-0.39, 0.29) is 11.2 Å². The average Bonchev–Trinajstić information content (AvgIpc) is 2.28. The molecule has 3 heteroatoms. The number of hydrogen-bond donors (Lipinski definition) is 1. The second kappa shape index (κ2) is 5.81. The number of thiol groups is 1. The van der Waals surface area contributed by atoms with Gasteiger partial charge in [0, 0.05) is 13.6 Å². The van der Waals surface area contributed by atoms with Gasteiger partial charge in [0.2, 0.25) is 5.91 Å². The van der Waals surface area contributed by atoms with E-state index in [2.05, 4.69) is 12.6 Å². The first-order valence-electron chi connectivity index (χ1n) is 5.12. The zero-order chi connectivity index (χ0) is 11.3. The molecule has 1 unspecified atom stereocenters. The van der Waals surface area contributed by atoms with Crippen LogP contribution < -0.4 is 0 Å². The van der Waals surface area contributed by atoms with Crippen molar-refractivity contribution >= 4 is 18.5 Å². The van der Waals surface area contributed by atoms with Crippen molar-refractivity contribution in [3.05, 3.63) is 35.9 Å². The Labute approximate surface area is 96.7 Å². The number of carbonyl (C=O) groups excluding carboxylic acids is 1. The van der Waals surface area contributed by atoms with Crippen LogP contribution in [0.25, 0.3) is 0 Å². The third-order valence-electron chi connectivity index (χ3n) is 2.31. The van der Waals surface area contributed by atoms with Gasteiger partial charge in [0.15, 0.2) is 0 Å². The number of carbonyl (C=O) groups is 1. The predicted octanol–water partition coefficient (Wildman–Crippen LogP) is 2.35. The van der Waals surface area contributed by atoms with Gasteiger partial charge in [0.05, 0.1) is 5.25 Å². The van der Waals surface area contributed by atoms with Crippen LogP contribution >= 0.6 is 12.6 Å². The van der Waals surface area contributed by atoms with Crippen LogP contribution in [0.15, 0.2) is 30.3 Å². The van der Waals surface area contributed by atoms with Crippen LogP contribution in [0, 0.1) is 0 Å². The maximum absolute atomic E-state index is 11.7. The molecule has 2 nitrogen and oxygen atoms in total. The molecule has 0 aliphatic carbocycles. The van der Waals surface area contributed by atoms with E-state index in [9.17, 15) is 4.79 Å². The van der Waals surface area contributed by atoms with Gasteiger partial charge in [0.25, 0.3) is 0 Å². The molecule has 1 atom stereocenters. The van der Waals surface area contributed by atoms with Crippen LogP contribution in [0.5, 0.6) is 0 Å². The van der Waals surface area contributed by atoms with Gasteiger partial charge < -0.3 is 4.90 Å². The lowest BCUT2D eigenvalue weighted by molar-refractivity contribution is -0.129. The van der Waals surface area contributed by atoms with E-state index in [0.29, 0.717) is 6.54 Å². The summed E-state index contributed by atoms with van der Waals surface area (Å²) in [5.41, 5.74) is 1.14. The number of nitrogens with zero attached hydrogens (tertiary/aromatic N) is 1. The van der Waals surface area contributed by atoms with Gasteiger partial charge in [-0.15, -0.1) is 0 Å². The van der Waals surface area contributed by atoms with Gasteiger partial charge in [-0.1, -0.05) is 37.3 Å². The van der Waals surface area contributed by atoms with Gasteiger partial charge >= 0.3 is 0 Å². The van der Waals surface area contributed by atoms with E-state index in [1.165, 1.54) is 0 Å². The Morgan fingerprint density at radius 2 is 2.00 bits per heavy atom. The fourth-order valence-corrected chi connectivity index (χ4v) is 1.56. The first-order valence-corrected chi connectivity index (χ1v) is 5.63. The molecule has 0 fully saturated rings. The zero-order valence-corrected chi connectivity index (χ0v) is 10.1. The van der Waals surface area contributed by atoms with Crippen molar-refractivity contribution in [1.29, 1.82) is 0 Å². The maximum atomic E-state index is 11.7. The highest BCUT2D eigenvalue weighted by Crippen LogP contribution is 2.08. The molecule has 0 heterocycles.